The maximum atomic E-state index is 12.4. The zero-order valence-electron chi connectivity index (χ0n) is 6.94. The van der Waals surface area contributed by atoms with Gasteiger partial charge in [0, 0.05) is 0 Å². The average molecular weight is 226 g/mol. The Morgan fingerprint density at radius 1 is 1.00 bits per heavy atom. The van der Waals surface area contributed by atoms with Gasteiger partial charge < -0.3 is 9.47 Å². The van der Waals surface area contributed by atoms with Crippen molar-refractivity contribution < 1.29 is 31.4 Å². The van der Waals surface area contributed by atoms with Crippen molar-refractivity contribution in [2.24, 2.45) is 0 Å². The second kappa shape index (κ2) is 2.74. The molecule has 0 radical (unpaired) electrons. The van der Waals surface area contributed by atoms with Gasteiger partial charge in [0.1, 0.15) is 0 Å². The van der Waals surface area contributed by atoms with Crippen LogP contribution in [0.5, 0.6) is 11.5 Å². The van der Waals surface area contributed by atoms with Crippen LogP contribution in [0.2, 0.25) is 0 Å². The Hall–Kier alpha value is -1.53. The molecule has 0 bridgehead atoms. The third kappa shape index (κ3) is 1.81. The SMILES string of the molecule is FC1(F)Oc2ccc(C(F)(F)F)cc2O1. The number of rotatable bonds is 0. The van der Waals surface area contributed by atoms with Crippen LogP contribution in [0.25, 0.3) is 0 Å². The number of ether oxygens (including phenoxy) is 2. The molecule has 7 heteroatoms. The van der Waals surface area contributed by atoms with Gasteiger partial charge in [0.2, 0.25) is 0 Å². The molecular weight excluding hydrogens is 223 g/mol. The molecule has 0 aliphatic carbocycles. The van der Waals surface area contributed by atoms with Crippen molar-refractivity contribution >= 4 is 0 Å². The third-order valence-electron chi connectivity index (χ3n) is 1.73. The molecule has 0 amide bonds. The summed E-state index contributed by atoms with van der Waals surface area (Å²) in [6.45, 7) is 0. The molecule has 82 valence electrons. The minimum atomic E-state index is -4.60. The van der Waals surface area contributed by atoms with E-state index >= 15 is 0 Å². The Bertz CT molecular complexity index is 399. The number of halogens is 5. The molecule has 0 saturated carbocycles. The number of benzene rings is 1. The van der Waals surface area contributed by atoms with Crippen molar-refractivity contribution in [2.75, 3.05) is 0 Å². The fraction of sp³-hybridized carbons (Fsp3) is 0.250. The van der Waals surface area contributed by atoms with Gasteiger partial charge in [-0.3, -0.25) is 0 Å². The Labute approximate surface area is 80.2 Å². The first-order valence-corrected chi connectivity index (χ1v) is 3.75. The summed E-state index contributed by atoms with van der Waals surface area (Å²) < 4.78 is 69.2. The monoisotopic (exact) mass is 226 g/mol. The Kier molecular flexibility index (Phi) is 1.83. The summed E-state index contributed by atoms with van der Waals surface area (Å²) in [5.41, 5.74) is -1.07. The third-order valence-corrected chi connectivity index (χ3v) is 1.73. The standard InChI is InChI=1S/C8H3F5O2/c9-7(10,11)4-1-2-5-6(3-4)15-8(12,13)14-5/h1-3H. The largest absolute Gasteiger partial charge is 0.586 e. The van der Waals surface area contributed by atoms with Gasteiger partial charge in [0.15, 0.2) is 11.5 Å². The number of hydrogen-bond donors (Lipinski definition) is 0. The molecule has 0 atom stereocenters. The molecule has 1 aromatic rings. The first-order chi connectivity index (χ1) is 6.78. The van der Waals surface area contributed by atoms with Crippen molar-refractivity contribution in [3.63, 3.8) is 0 Å². The van der Waals surface area contributed by atoms with Gasteiger partial charge in [-0.25, -0.2) is 0 Å². The fourth-order valence-corrected chi connectivity index (χ4v) is 1.13. The van der Waals surface area contributed by atoms with Gasteiger partial charge in [0.25, 0.3) is 0 Å². The smallest absolute Gasteiger partial charge is 0.395 e. The lowest BCUT2D eigenvalue weighted by atomic mass is 10.2. The molecule has 0 aromatic heterocycles. The van der Waals surface area contributed by atoms with Crippen LogP contribution >= 0.6 is 0 Å². The minimum Gasteiger partial charge on any atom is -0.395 e. The molecule has 0 saturated heterocycles. The molecule has 1 aliphatic rings. The minimum absolute atomic E-state index is 0.409. The van der Waals surface area contributed by atoms with Gasteiger partial charge in [-0.15, -0.1) is 8.78 Å². The van der Waals surface area contributed by atoms with Crippen molar-refractivity contribution in [1.29, 1.82) is 0 Å². The lowest BCUT2D eigenvalue weighted by molar-refractivity contribution is -0.286. The van der Waals surface area contributed by atoms with Crippen LogP contribution in [0.3, 0.4) is 0 Å². The molecule has 2 rings (SSSR count). The van der Waals surface area contributed by atoms with Crippen LogP contribution in [-0.4, -0.2) is 6.29 Å². The predicted octanol–water partition coefficient (Wildman–Crippen LogP) is 3.03. The second-order valence-electron chi connectivity index (χ2n) is 2.83. The van der Waals surface area contributed by atoms with Gasteiger partial charge in [-0.1, -0.05) is 0 Å². The van der Waals surface area contributed by atoms with Crippen LogP contribution in [0.4, 0.5) is 22.0 Å². The normalized spacial score (nSPS) is 17.9. The molecule has 2 nitrogen and oxygen atoms in total. The second-order valence-corrected chi connectivity index (χ2v) is 2.83. The van der Waals surface area contributed by atoms with E-state index in [4.69, 9.17) is 0 Å². The zero-order valence-corrected chi connectivity index (χ0v) is 6.94. The maximum Gasteiger partial charge on any atom is 0.586 e. The van der Waals surface area contributed by atoms with E-state index in [1.807, 2.05) is 0 Å². The molecular formula is C8H3F5O2. The highest BCUT2D eigenvalue weighted by Crippen LogP contribution is 2.43. The molecule has 1 heterocycles. The molecule has 1 aliphatic heterocycles. The van der Waals surface area contributed by atoms with Crippen LogP contribution in [0.15, 0.2) is 18.2 Å². The molecule has 1 aromatic carbocycles. The van der Waals surface area contributed by atoms with E-state index in [9.17, 15) is 22.0 Å². The van der Waals surface area contributed by atoms with Crippen LogP contribution in [-0.2, 0) is 6.18 Å². The number of hydrogen-bond acceptors (Lipinski definition) is 2. The Morgan fingerprint density at radius 3 is 2.20 bits per heavy atom. The van der Waals surface area contributed by atoms with E-state index in [1.165, 1.54) is 0 Å². The van der Waals surface area contributed by atoms with Gasteiger partial charge in [0.05, 0.1) is 5.56 Å². The zero-order chi connectivity index (χ0) is 11.3. The molecule has 15 heavy (non-hydrogen) atoms. The van der Waals surface area contributed by atoms with Crippen LogP contribution < -0.4 is 9.47 Å². The molecule has 0 spiro atoms. The predicted molar refractivity (Wildman–Crippen MR) is 37.6 cm³/mol. The number of alkyl halides is 5. The van der Waals surface area contributed by atoms with E-state index in [0.717, 1.165) is 6.07 Å². The summed E-state index contributed by atoms with van der Waals surface area (Å²) in [6, 6.07) is 1.90. The quantitative estimate of drug-likeness (QED) is 0.633. The summed E-state index contributed by atoms with van der Waals surface area (Å²) in [5.74, 6) is -1.03. The van der Waals surface area contributed by atoms with E-state index < -0.39 is 29.5 Å². The first kappa shape index (κ1) is 10.0. The fourth-order valence-electron chi connectivity index (χ4n) is 1.13. The van der Waals surface area contributed by atoms with Crippen LogP contribution in [0, 0.1) is 0 Å². The van der Waals surface area contributed by atoms with Crippen molar-refractivity contribution in [2.45, 2.75) is 12.5 Å². The van der Waals surface area contributed by atoms with E-state index in [0.29, 0.717) is 12.1 Å². The highest BCUT2D eigenvalue weighted by Gasteiger charge is 2.44. The molecule has 0 fully saturated rings. The Morgan fingerprint density at radius 2 is 1.60 bits per heavy atom. The topological polar surface area (TPSA) is 18.5 Å². The van der Waals surface area contributed by atoms with Crippen molar-refractivity contribution in [1.82, 2.24) is 0 Å². The lowest BCUT2D eigenvalue weighted by Gasteiger charge is -2.06. The lowest BCUT2D eigenvalue weighted by Crippen LogP contribution is -2.25. The summed E-state index contributed by atoms with van der Waals surface area (Å²) in [6.07, 6.45) is -8.50. The van der Waals surface area contributed by atoms with Crippen LogP contribution in [0.1, 0.15) is 5.56 Å². The van der Waals surface area contributed by atoms with E-state index in [2.05, 4.69) is 9.47 Å². The van der Waals surface area contributed by atoms with Gasteiger partial charge in [-0.05, 0) is 18.2 Å². The summed E-state index contributed by atoms with van der Waals surface area (Å²) in [5, 5.41) is 0. The summed E-state index contributed by atoms with van der Waals surface area (Å²) >= 11 is 0. The summed E-state index contributed by atoms with van der Waals surface area (Å²) in [4.78, 5) is 0. The average Bonchev–Trinajstić information content (AvgIpc) is 2.34. The number of fused-ring (bicyclic) bond motifs is 1. The van der Waals surface area contributed by atoms with Gasteiger partial charge in [-0.2, -0.15) is 13.2 Å². The van der Waals surface area contributed by atoms with Crippen molar-refractivity contribution in [3.05, 3.63) is 23.8 Å². The van der Waals surface area contributed by atoms with Crippen molar-refractivity contribution in [3.8, 4) is 11.5 Å². The summed E-state index contributed by atoms with van der Waals surface area (Å²) in [7, 11) is 0. The van der Waals surface area contributed by atoms with Gasteiger partial charge >= 0.3 is 12.5 Å². The highest BCUT2D eigenvalue weighted by molar-refractivity contribution is 5.45. The molecule has 0 N–H and O–H groups in total. The van der Waals surface area contributed by atoms with E-state index in [1.54, 1.807) is 0 Å². The first-order valence-electron chi connectivity index (χ1n) is 3.75. The Balaban J connectivity index is 2.39. The highest BCUT2D eigenvalue weighted by atomic mass is 19.4. The maximum absolute atomic E-state index is 12.4. The molecule has 0 unspecified atom stereocenters. The van der Waals surface area contributed by atoms with E-state index in [-0.39, 0.29) is 0 Å².